The molecule has 0 spiro atoms. The van der Waals surface area contributed by atoms with Gasteiger partial charge in [0.15, 0.2) is 0 Å². The van der Waals surface area contributed by atoms with Gasteiger partial charge in [0.05, 0.1) is 23.9 Å². The van der Waals surface area contributed by atoms with Crippen LogP contribution in [0.4, 0.5) is 5.95 Å². The van der Waals surface area contributed by atoms with Gasteiger partial charge in [-0.2, -0.15) is 0 Å². The van der Waals surface area contributed by atoms with Crippen LogP contribution in [0.25, 0.3) is 0 Å². The third kappa shape index (κ3) is 2.28. The minimum absolute atomic E-state index is 0.0239. The molecule has 0 aromatic carbocycles. The largest absolute Gasteiger partial charge is 0.376 e. The molecule has 6 heteroatoms. The molecule has 0 unspecified atom stereocenters. The number of nitrogens with zero attached hydrogens (tertiary/aromatic N) is 4. The number of carbonyl (C=O) groups is 1. The normalized spacial score (nSPS) is 21.9. The van der Waals surface area contributed by atoms with E-state index in [-0.39, 0.29) is 12.0 Å². The van der Waals surface area contributed by atoms with Crippen LogP contribution in [0.3, 0.4) is 0 Å². The van der Waals surface area contributed by atoms with Crippen LogP contribution in [0, 0.1) is 0 Å². The van der Waals surface area contributed by atoms with Gasteiger partial charge in [0.25, 0.3) is 5.91 Å². The molecule has 1 aromatic rings. The Hall–Kier alpha value is -1.69. The molecule has 0 radical (unpaired) electrons. The predicted octanol–water partition coefficient (Wildman–Crippen LogP) is 0.677. The van der Waals surface area contributed by atoms with Gasteiger partial charge in [-0.25, -0.2) is 9.97 Å². The highest BCUT2D eigenvalue weighted by atomic mass is 16.5. The van der Waals surface area contributed by atoms with Crippen LogP contribution in [0.2, 0.25) is 0 Å². The molecule has 2 aliphatic rings. The molecule has 1 atom stereocenters. The monoisotopic (exact) mass is 262 g/mol. The van der Waals surface area contributed by atoms with Crippen molar-refractivity contribution in [3.8, 4) is 0 Å². The Kier molecular flexibility index (Phi) is 3.10. The van der Waals surface area contributed by atoms with Crippen LogP contribution >= 0.6 is 0 Å². The highest BCUT2D eigenvalue weighted by molar-refractivity contribution is 5.97. The Morgan fingerprint density at radius 1 is 1.53 bits per heavy atom. The van der Waals surface area contributed by atoms with Crippen molar-refractivity contribution in [2.45, 2.75) is 25.5 Å². The summed E-state index contributed by atoms with van der Waals surface area (Å²) in [6, 6.07) is 0. The van der Waals surface area contributed by atoms with Crippen molar-refractivity contribution in [3.05, 3.63) is 17.5 Å². The fourth-order valence-corrected chi connectivity index (χ4v) is 2.53. The SMILES string of the molecule is CN(C)c1ncc2c(n1)CN(C[C@@H]1CCCO1)C2=O. The van der Waals surface area contributed by atoms with E-state index >= 15 is 0 Å². The average molecular weight is 262 g/mol. The lowest BCUT2D eigenvalue weighted by Crippen LogP contribution is -2.32. The minimum atomic E-state index is 0.0239. The summed E-state index contributed by atoms with van der Waals surface area (Å²) in [5.74, 6) is 0.668. The Labute approximate surface area is 112 Å². The molecule has 2 aliphatic heterocycles. The maximum absolute atomic E-state index is 12.2. The third-order valence-corrected chi connectivity index (χ3v) is 3.56. The number of hydrogen-bond donors (Lipinski definition) is 0. The van der Waals surface area contributed by atoms with Gasteiger partial charge in [-0.05, 0) is 12.8 Å². The Morgan fingerprint density at radius 3 is 3.05 bits per heavy atom. The fraction of sp³-hybridized carbons (Fsp3) is 0.615. The molecule has 1 saturated heterocycles. The van der Waals surface area contributed by atoms with Crippen molar-refractivity contribution in [1.82, 2.24) is 14.9 Å². The van der Waals surface area contributed by atoms with Gasteiger partial charge < -0.3 is 14.5 Å². The molecule has 1 fully saturated rings. The Balaban J connectivity index is 1.76. The molecule has 0 N–H and O–H groups in total. The second kappa shape index (κ2) is 4.77. The highest BCUT2D eigenvalue weighted by Gasteiger charge is 2.32. The quantitative estimate of drug-likeness (QED) is 0.801. The van der Waals surface area contributed by atoms with Gasteiger partial charge >= 0.3 is 0 Å². The van der Waals surface area contributed by atoms with Crippen molar-refractivity contribution >= 4 is 11.9 Å². The molecule has 19 heavy (non-hydrogen) atoms. The summed E-state index contributed by atoms with van der Waals surface area (Å²) >= 11 is 0. The van der Waals surface area contributed by atoms with Crippen molar-refractivity contribution in [3.63, 3.8) is 0 Å². The summed E-state index contributed by atoms with van der Waals surface area (Å²) in [4.78, 5) is 24.5. The molecule has 0 aliphatic carbocycles. The van der Waals surface area contributed by atoms with Gasteiger partial charge in [0, 0.05) is 33.4 Å². The van der Waals surface area contributed by atoms with E-state index in [1.807, 2.05) is 23.9 Å². The van der Waals surface area contributed by atoms with E-state index in [2.05, 4.69) is 9.97 Å². The molecule has 1 amide bonds. The lowest BCUT2D eigenvalue weighted by molar-refractivity contribution is 0.0544. The number of amides is 1. The fourth-order valence-electron chi connectivity index (χ4n) is 2.53. The molecular formula is C13H18N4O2. The lowest BCUT2D eigenvalue weighted by Gasteiger charge is -2.19. The first kappa shape index (κ1) is 12.3. The van der Waals surface area contributed by atoms with Gasteiger partial charge in [-0.3, -0.25) is 4.79 Å². The summed E-state index contributed by atoms with van der Waals surface area (Å²) in [5, 5.41) is 0. The van der Waals surface area contributed by atoms with E-state index in [4.69, 9.17) is 4.74 Å². The zero-order chi connectivity index (χ0) is 13.4. The van der Waals surface area contributed by atoms with Crippen LogP contribution in [0.15, 0.2) is 6.20 Å². The predicted molar refractivity (Wildman–Crippen MR) is 70.1 cm³/mol. The average Bonchev–Trinajstić information content (AvgIpc) is 2.99. The second-order valence-corrected chi connectivity index (χ2v) is 5.25. The van der Waals surface area contributed by atoms with Crippen LogP contribution in [0.5, 0.6) is 0 Å². The second-order valence-electron chi connectivity index (χ2n) is 5.25. The van der Waals surface area contributed by atoms with E-state index in [9.17, 15) is 4.79 Å². The summed E-state index contributed by atoms with van der Waals surface area (Å²) in [6.07, 6.45) is 3.94. The molecule has 1 aromatic heterocycles. The molecule has 3 heterocycles. The zero-order valence-electron chi connectivity index (χ0n) is 11.3. The maximum atomic E-state index is 12.2. The first-order chi connectivity index (χ1) is 9.15. The van der Waals surface area contributed by atoms with Crippen LogP contribution < -0.4 is 4.90 Å². The number of carbonyl (C=O) groups excluding carboxylic acids is 1. The molecule has 6 nitrogen and oxygen atoms in total. The van der Waals surface area contributed by atoms with E-state index < -0.39 is 0 Å². The van der Waals surface area contributed by atoms with Crippen molar-refractivity contribution in [2.24, 2.45) is 0 Å². The number of fused-ring (bicyclic) bond motifs is 1. The molecule has 102 valence electrons. The number of anilines is 1. The summed E-state index contributed by atoms with van der Waals surface area (Å²) < 4.78 is 5.59. The van der Waals surface area contributed by atoms with Crippen LogP contribution in [-0.2, 0) is 11.3 Å². The lowest BCUT2D eigenvalue weighted by atomic mass is 10.2. The Bertz CT molecular complexity index is 497. The van der Waals surface area contributed by atoms with E-state index in [0.29, 0.717) is 24.6 Å². The summed E-state index contributed by atoms with van der Waals surface area (Å²) in [5.41, 5.74) is 1.45. The minimum Gasteiger partial charge on any atom is -0.376 e. The Morgan fingerprint density at radius 2 is 2.37 bits per heavy atom. The van der Waals surface area contributed by atoms with Gasteiger partial charge in [0.1, 0.15) is 0 Å². The zero-order valence-corrected chi connectivity index (χ0v) is 11.3. The van der Waals surface area contributed by atoms with Crippen molar-refractivity contribution in [1.29, 1.82) is 0 Å². The van der Waals surface area contributed by atoms with Gasteiger partial charge in [-0.1, -0.05) is 0 Å². The maximum Gasteiger partial charge on any atom is 0.257 e. The number of ether oxygens (including phenoxy) is 1. The van der Waals surface area contributed by atoms with E-state index in [1.165, 1.54) is 0 Å². The molecule has 0 bridgehead atoms. The number of aromatic nitrogens is 2. The molecule has 0 saturated carbocycles. The topological polar surface area (TPSA) is 58.6 Å². The highest BCUT2D eigenvalue weighted by Crippen LogP contribution is 2.24. The smallest absolute Gasteiger partial charge is 0.257 e. The van der Waals surface area contributed by atoms with E-state index in [1.54, 1.807) is 6.20 Å². The molecule has 3 rings (SSSR count). The van der Waals surface area contributed by atoms with E-state index in [0.717, 1.165) is 25.1 Å². The number of hydrogen-bond acceptors (Lipinski definition) is 5. The van der Waals surface area contributed by atoms with Crippen LogP contribution in [-0.4, -0.2) is 54.1 Å². The first-order valence-electron chi connectivity index (χ1n) is 6.59. The molecular weight excluding hydrogens is 244 g/mol. The van der Waals surface area contributed by atoms with Crippen molar-refractivity contribution in [2.75, 3.05) is 32.1 Å². The van der Waals surface area contributed by atoms with Crippen LogP contribution in [0.1, 0.15) is 28.9 Å². The van der Waals surface area contributed by atoms with Gasteiger partial charge in [-0.15, -0.1) is 0 Å². The third-order valence-electron chi connectivity index (χ3n) is 3.56. The standard InChI is InChI=1S/C13H18N4O2/c1-16(2)13-14-6-10-11(15-13)8-17(12(10)18)7-9-4-3-5-19-9/h6,9H,3-5,7-8H2,1-2H3/t9-/m0/s1. The van der Waals surface area contributed by atoms with Crippen molar-refractivity contribution < 1.29 is 9.53 Å². The first-order valence-corrected chi connectivity index (χ1v) is 6.59. The number of rotatable bonds is 3. The summed E-state index contributed by atoms with van der Waals surface area (Å²) in [7, 11) is 3.78. The summed E-state index contributed by atoms with van der Waals surface area (Å²) in [6.45, 7) is 2.04. The van der Waals surface area contributed by atoms with Gasteiger partial charge in [0.2, 0.25) is 5.95 Å².